The van der Waals surface area contributed by atoms with E-state index in [2.05, 4.69) is 5.32 Å². The van der Waals surface area contributed by atoms with E-state index < -0.39 is 0 Å². The van der Waals surface area contributed by atoms with E-state index in [-0.39, 0.29) is 17.7 Å². The van der Waals surface area contributed by atoms with Gasteiger partial charge in [0.05, 0.1) is 30.8 Å². The first kappa shape index (κ1) is 19.4. The van der Waals surface area contributed by atoms with Crippen LogP contribution in [-0.2, 0) is 4.79 Å². The molecule has 0 bridgehead atoms. The van der Waals surface area contributed by atoms with E-state index in [1.54, 1.807) is 24.3 Å². The Morgan fingerprint density at radius 2 is 1.60 bits per heavy atom. The lowest BCUT2D eigenvalue weighted by Gasteiger charge is -2.22. The van der Waals surface area contributed by atoms with Gasteiger partial charge >= 0.3 is 0 Å². The van der Waals surface area contributed by atoms with Crippen LogP contribution < -0.4 is 14.8 Å². The predicted octanol–water partition coefficient (Wildman–Crippen LogP) is 5.39. The van der Waals surface area contributed by atoms with Gasteiger partial charge in [0.1, 0.15) is 11.5 Å². The maximum Gasteiger partial charge on any atom is 0.232 e. The Morgan fingerprint density at radius 1 is 1.00 bits per heavy atom. The van der Waals surface area contributed by atoms with Crippen molar-refractivity contribution in [2.24, 2.45) is 5.92 Å². The van der Waals surface area contributed by atoms with Gasteiger partial charge in [0, 0.05) is 17.2 Å². The van der Waals surface area contributed by atoms with Crippen molar-refractivity contribution < 1.29 is 14.3 Å². The maximum atomic E-state index is 12.9. The first-order chi connectivity index (χ1) is 11.9. The van der Waals surface area contributed by atoms with Gasteiger partial charge in [-0.15, -0.1) is 0 Å². The van der Waals surface area contributed by atoms with E-state index in [0.29, 0.717) is 27.2 Å². The third-order valence-electron chi connectivity index (χ3n) is 3.91. The summed E-state index contributed by atoms with van der Waals surface area (Å²) >= 11 is 12.1. The van der Waals surface area contributed by atoms with E-state index >= 15 is 0 Å². The van der Waals surface area contributed by atoms with Crippen molar-refractivity contribution in [1.82, 2.24) is 0 Å². The molecule has 2 aromatic carbocycles. The molecule has 1 atom stereocenters. The van der Waals surface area contributed by atoms with Crippen molar-refractivity contribution in [1.29, 1.82) is 0 Å². The second-order valence-corrected chi connectivity index (χ2v) is 6.79. The maximum absolute atomic E-state index is 12.9. The zero-order valence-electron chi connectivity index (χ0n) is 14.6. The second-order valence-electron chi connectivity index (χ2n) is 5.95. The molecule has 0 aliphatic rings. The van der Waals surface area contributed by atoms with E-state index in [0.717, 1.165) is 5.56 Å². The summed E-state index contributed by atoms with van der Waals surface area (Å²) in [5.74, 6) is 0.563. The summed E-state index contributed by atoms with van der Waals surface area (Å²) in [5, 5.41) is 3.97. The van der Waals surface area contributed by atoms with Gasteiger partial charge in [-0.1, -0.05) is 49.2 Å². The van der Waals surface area contributed by atoms with Crippen LogP contribution in [0.2, 0.25) is 10.0 Å². The molecule has 4 nitrogen and oxygen atoms in total. The summed E-state index contributed by atoms with van der Waals surface area (Å²) in [6, 6.07) is 10.6. The number of rotatable bonds is 6. The minimum atomic E-state index is -0.330. The summed E-state index contributed by atoms with van der Waals surface area (Å²) < 4.78 is 10.5. The highest BCUT2D eigenvalue weighted by Gasteiger charge is 2.25. The van der Waals surface area contributed by atoms with Crippen LogP contribution >= 0.6 is 23.2 Å². The van der Waals surface area contributed by atoms with Gasteiger partial charge in [-0.25, -0.2) is 0 Å². The Bertz CT molecular complexity index is 745. The standard InChI is InChI=1S/C19H21Cl2NO3/c1-11(2)18(12-5-7-13(20)8-6-12)19(23)22-15-10-16(24-3)14(21)9-17(15)25-4/h5-11,18H,1-4H3,(H,22,23)/t18-/m1/s1. The molecule has 6 heteroatoms. The van der Waals surface area contributed by atoms with Gasteiger partial charge in [0.2, 0.25) is 5.91 Å². The van der Waals surface area contributed by atoms with Crippen LogP contribution in [0.1, 0.15) is 25.3 Å². The molecule has 0 heterocycles. The molecule has 0 spiro atoms. The Hall–Kier alpha value is -1.91. The molecule has 134 valence electrons. The lowest BCUT2D eigenvalue weighted by molar-refractivity contribution is -0.118. The molecule has 0 saturated heterocycles. The molecule has 2 aromatic rings. The smallest absolute Gasteiger partial charge is 0.232 e. The van der Waals surface area contributed by atoms with Gasteiger partial charge in [0.15, 0.2) is 0 Å². The number of anilines is 1. The molecular weight excluding hydrogens is 361 g/mol. The Kier molecular flexibility index (Phi) is 6.57. The zero-order valence-corrected chi connectivity index (χ0v) is 16.1. The zero-order chi connectivity index (χ0) is 18.6. The van der Waals surface area contributed by atoms with Gasteiger partial charge in [0.25, 0.3) is 0 Å². The Morgan fingerprint density at radius 3 is 2.12 bits per heavy atom. The minimum Gasteiger partial charge on any atom is -0.495 e. The van der Waals surface area contributed by atoms with Crippen LogP contribution in [0, 0.1) is 5.92 Å². The van der Waals surface area contributed by atoms with Crippen LogP contribution in [0.4, 0.5) is 5.69 Å². The van der Waals surface area contributed by atoms with Gasteiger partial charge in [-0.05, 0) is 23.6 Å². The summed E-state index contributed by atoms with van der Waals surface area (Å²) in [6.45, 7) is 4.00. The first-order valence-electron chi connectivity index (χ1n) is 7.85. The van der Waals surface area contributed by atoms with Gasteiger partial charge in [-0.3, -0.25) is 4.79 Å². The highest BCUT2D eigenvalue weighted by atomic mass is 35.5. The van der Waals surface area contributed by atoms with E-state index in [9.17, 15) is 4.79 Å². The molecule has 0 unspecified atom stereocenters. The van der Waals surface area contributed by atoms with Crippen molar-refractivity contribution in [3.63, 3.8) is 0 Å². The number of amides is 1. The Labute approximate surface area is 158 Å². The molecule has 0 aromatic heterocycles. The van der Waals surface area contributed by atoms with Crippen LogP contribution in [0.3, 0.4) is 0 Å². The van der Waals surface area contributed by atoms with Crippen LogP contribution in [0.5, 0.6) is 11.5 Å². The fourth-order valence-electron chi connectivity index (χ4n) is 2.68. The monoisotopic (exact) mass is 381 g/mol. The number of nitrogens with one attached hydrogen (secondary N) is 1. The summed E-state index contributed by atoms with van der Waals surface area (Å²) in [5.41, 5.74) is 1.41. The van der Waals surface area contributed by atoms with Gasteiger partial charge in [-0.2, -0.15) is 0 Å². The summed E-state index contributed by atoms with van der Waals surface area (Å²) in [7, 11) is 3.04. The SMILES string of the molecule is COc1cc(NC(=O)[C@@H](c2ccc(Cl)cc2)C(C)C)c(OC)cc1Cl. The fraction of sp³-hybridized carbons (Fsp3) is 0.316. The molecule has 0 aliphatic carbocycles. The number of carbonyl (C=O) groups excluding carboxylic acids is 1. The minimum absolute atomic E-state index is 0.0985. The number of halogens is 2. The molecule has 1 amide bonds. The van der Waals surface area contributed by atoms with Gasteiger partial charge < -0.3 is 14.8 Å². The number of benzene rings is 2. The largest absolute Gasteiger partial charge is 0.495 e. The highest BCUT2D eigenvalue weighted by molar-refractivity contribution is 6.32. The molecule has 0 fully saturated rings. The number of carbonyl (C=O) groups is 1. The normalized spacial score (nSPS) is 12.0. The Balaban J connectivity index is 2.34. The first-order valence-corrected chi connectivity index (χ1v) is 8.60. The van der Waals surface area contributed by atoms with Crippen molar-refractivity contribution in [3.05, 3.63) is 52.0 Å². The average molecular weight is 382 g/mol. The van der Waals surface area contributed by atoms with E-state index in [4.69, 9.17) is 32.7 Å². The third-order valence-corrected chi connectivity index (χ3v) is 4.46. The molecule has 0 aliphatic heterocycles. The lowest BCUT2D eigenvalue weighted by Crippen LogP contribution is -2.25. The molecule has 0 radical (unpaired) electrons. The molecule has 0 saturated carbocycles. The third kappa shape index (κ3) is 4.59. The fourth-order valence-corrected chi connectivity index (χ4v) is 3.03. The predicted molar refractivity (Wildman–Crippen MR) is 102 cm³/mol. The van der Waals surface area contributed by atoms with Crippen molar-refractivity contribution in [2.45, 2.75) is 19.8 Å². The van der Waals surface area contributed by atoms with Crippen molar-refractivity contribution in [3.8, 4) is 11.5 Å². The molecule has 2 rings (SSSR count). The molecule has 25 heavy (non-hydrogen) atoms. The second kappa shape index (κ2) is 8.45. The highest BCUT2D eigenvalue weighted by Crippen LogP contribution is 2.37. The molecular formula is C19H21Cl2NO3. The number of ether oxygens (including phenoxy) is 2. The van der Waals surface area contributed by atoms with Crippen LogP contribution in [-0.4, -0.2) is 20.1 Å². The lowest BCUT2D eigenvalue weighted by atomic mass is 9.87. The van der Waals surface area contributed by atoms with E-state index in [1.807, 2.05) is 26.0 Å². The number of hydrogen-bond acceptors (Lipinski definition) is 3. The number of methoxy groups -OCH3 is 2. The number of hydrogen-bond donors (Lipinski definition) is 1. The van der Waals surface area contributed by atoms with Crippen LogP contribution in [0.15, 0.2) is 36.4 Å². The summed E-state index contributed by atoms with van der Waals surface area (Å²) in [6.07, 6.45) is 0. The van der Waals surface area contributed by atoms with Crippen LogP contribution in [0.25, 0.3) is 0 Å². The van der Waals surface area contributed by atoms with Crippen molar-refractivity contribution >= 4 is 34.8 Å². The van der Waals surface area contributed by atoms with Crippen molar-refractivity contribution in [2.75, 3.05) is 19.5 Å². The summed E-state index contributed by atoms with van der Waals surface area (Å²) in [4.78, 5) is 12.9. The topological polar surface area (TPSA) is 47.6 Å². The van der Waals surface area contributed by atoms with E-state index in [1.165, 1.54) is 14.2 Å². The molecule has 1 N–H and O–H groups in total. The quantitative estimate of drug-likeness (QED) is 0.729. The average Bonchev–Trinajstić information content (AvgIpc) is 2.57.